The predicted molar refractivity (Wildman–Crippen MR) is 80.1 cm³/mol. The Kier molecular flexibility index (Phi) is 4.09. The second-order valence-electron chi connectivity index (χ2n) is 5.99. The number of aryl methyl sites for hydroxylation is 1. The van der Waals surface area contributed by atoms with Crippen LogP contribution in [-0.2, 0) is 12.0 Å². The lowest BCUT2D eigenvalue weighted by atomic mass is 9.87. The summed E-state index contributed by atoms with van der Waals surface area (Å²) in [6, 6.07) is 11.6. The van der Waals surface area contributed by atoms with Crippen LogP contribution >= 0.6 is 0 Å². The second-order valence-corrected chi connectivity index (χ2v) is 5.99. The number of rotatable bonds is 3. The molecular weight excluding hydrogens is 250 g/mol. The standard InChI is InChI=1S/C17H21NO2/c1-12-9-13(11-19)10-16(18-12)20-15-7-5-14(6-8-15)17(2,3)4/h5-10,19H,11H2,1-4H3. The van der Waals surface area contributed by atoms with E-state index in [2.05, 4.69) is 37.9 Å². The van der Waals surface area contributed by atoms with E-state index in [1.807, 2.05) is 25.1 Å². The first-order chi connectivity index (χ1) is 9.38. The summed E-state index contributed by atoms with van der Waals surface area (Å²) >= 11 is 0. The van der Waals surface area contributed by atoms with E-state index in [0.717, 1.165) is 17.0 Å². The zero-order valence-electron chi connectivity index (χ0n) is 12.5. The van der Waals surface area contributed by atoms with Crippen molar-refractivity contribution in [3.63, 3.8) is 0 Å². The number of pyridine rings is 1. The molecule has 1 aromatic carbocycles. The number of aliphatic hydroxyl groups excluding tert-OH is 1. The number of ether oxygens (including phenoxy) is 1. The van der Waals surface area contributed by atoms with Crippen molar-refractivity contribution in [3.8, 4) is 11.6 Å². The van der Waals surface area contributed by atoms with E-state index in [1.165, 1.54) is 5.56 Å². The van der Waals surface area contributed by atoms with E-state index in [4.69, 9.17) is 4.74 Å². The van der Waals surface area contributed by atoms with Crippen molar-refractivity contribution in [2.75, 3.05) is 0 Å². The average molecular weight is 271 g/mol. The first-order valence-electron chi connectivity index (χ1n) is 6.75. The monoisotopic (exact) mass is 271 g/mol. The van der Waals surface area contributed by atoms with E-state index in [0.29, 0.717) is 5.88 Å². The van der Waals surface area contributed by atoms with Crippen LogP contribution in [0.4, 0.5) is 0 Å². The highest BCUT2D eigenvalue weighted by Crippen LogP contribution is 2.26. The van der Waals surface area contributed by atoms with Crippen LogP contribution in [0.25, 0.3) is 0 Å². The zero-order chi connectivity index (χ0) is 14.8. The molecule has 3 heteroatoms. The van der Waals surface area contributed by atoms with Crippen LogP contribution in [0.3, 0.4) is 0 Å². The molecule has 2 rings (SSSR count). The highest BCUT2D eigenvalue weighted by molar-refractivity contribution is 5.34. The van der Waals surface area contributed by atoms with Gasteiger partial charge in [0.15, 0.2) is 0 Å². The van der Waals surface area contributed by atoms with Gasteiger partial charge in [0.2, 0.25) is 5.88 Å². The third kappa shape index (κ3) is 3.58. The molecule has 0 saturated heterocycles. The van der Waals surface area contributed by atoms with E-state index >= 15 is 0 Å². The Morgan fingerprint density at radius 1 is 1.10 bits per heavy atom. The Morgan fingerprint density at radius 3 is 2.30 bits per heavy atom. The molecule has 2 aromatic rings. The Hall–Kier alpha value is -1.87. The van der Waals surface area contributed by atoms with Gasteiger partial charge >= 0.3 is 0 Å². The molecule has 0 aliphatic carbocycles. The highest BCUT2D eigenvalue weighted by atomic mass is 16.5. The minimum atomic E-state index is -0.0112. The lowest BCUT2D eigenvalue weighted by molar-refractivity contribution is 0.281. The van der Waals surface area contributed by atoms with Crippen molar-refractivity contribution in [2.45, 2.75) is 39.7 Å². The number of aliphatic hydroxyl groups is 1. The van der Waals surface area contributed by atoms with Crippen LogP contribution in [0.15, 0.2) is 36.4 Å². The number of aromatic nitrogens is 1. The Bertz CT molecular complexity index is 583. The van der Waals surface area contributed by atoms with Crippen molar-refractivity contribution in [1.82, 2.24) is 4.98 Å². The van der Waals surface area contributed by atoms with Crippen LogP contribution in [0, 0.1) is 6.92 Å². The molecule has 1 N–H and O–H groups in total. The summed E-state index contributed by atoms with van der Waals surface area (Å²) in [6.07, 6.45) is 0. The van der Waals surface area contributed by atoms with Gasteiger partial charge in [0.1, 0.15) is 5.75 Å². The number of hydrogen-bond donors (Lipinski definition) is 1. The molecule has 0 saturated carbocycles. The largest absolute Gasteiger partial charge is 0.439 e. The summed E-state index contributed by atoms with van der Waals surface area (Å²) in [6.45, 7) is 8.41. The summed E-state index contributed by atoms with van der Waals surface area (Å²) in [5.74, 6) is 1.26. The molecule has 0 amide bonds. The quantitative estimate of drug-likeness (QED) is 0.918. The van der Waals surface area contributed by atoms with E-state index in [-0.39, 0.29) is 12.0 Å². The molecule has 106 valence electrons. The van der Waals surface area contributed by atoms with Gasteiger partial charge in [-0.2, -0.15) is 0 Å². The summed E-state index contributed by atoms with van der Waals surface area (Å²) in [5, 5.41) is 9.20. The molecule has 20 heavy (non-hydrogen) atoms. The van der Waals surface area contributed by atoms with E-state index in [9.17, 15) is 5.11 Å². The third-order valence-electron chi connectivity index (χ3n) is 3.12. The van der Waals surface area contributed by atoms with Crippen molar-refractivity contribution in [1.29, 1.82) is 0 Å². The maximum Gasteiger partial charge on any atom is 0.219 e. The fraction of sp³-hybridized carbons (Fsp3) is 0.353. The molecule has 0 radical (unpaired) electrons. The molecule has 0 bridgehead atoms. The van der Waals surface area contributed by atoms with Crippen molar-refractivity contribution in [3.05, 3.63) is 53.2 Å². The van der Waals surface area contributed by atoms with Gasteiger partial charge in [0.05, 0.1) is 6.61 Å². The fourth-order valence-electron chi connectivity index (χ4n) is 1.99. The molecule has 0 unspecified atom stereocenters. The van der Waals surface area contributed by atoms with Gasteiger partial charge in [-0.05, 0) is 41.7 Å². The molecule has 3 nitrogen and oxygen atoms in total. The summed E-state index contributed by atoms with van der Waals surface area (Å²) in [7, 11) is 0. The topological polar surface area (TPSA) is 42.4 Å². The molecule has 0 fully saturated rings. The van der Waals surface area contributed by atoms with Gasteiger partial charge in [-0.3, -0.25) is 0 Å². The van der Waals surface area contributed by atoms with Crippen molar-refractivity contribution >= 4 is 0 Å². The summed E-state index contributed by atoms with van der Waals surface area (Å²) in [5.41, 5.74) is 3.03. The molecule has 0 spiro atoms. The Morgan fingerprint density at radius 2 is 1.75 bits per heavy atom. The van der Waals surface area contributed by atoms with Crippen LogP contribution < -0.4 is 4.74 Å². The van der Waals surface area contributed by atoms with Gasteiger partial charge in [-0.25, -0.2) is 4.98 Å². The molecule has 0 aliphatic rings. The first kappa shape index (κ1) is 14.5. The van der Waals surface area contributed by atoms with Gasteiger partial charge in [0, 0.05) is 11.8 Å². The minimum absolute atomic E-state index is 0.0112. The zero-order valence-corrected chi connectivity index (χ0v) is 12.5. The van der Waals surface area contributed by atoms with Gasteiger partial charge < -0.3 is 9.84 Å². The minimum Gasteiger partial charge on any atom is -0.439 e. The van der Waals surface area contributed by atoms with Crippen LogP contribution in [0.1, 0.15) is 37.6 Å². The van der Waals surface area contributed by atoms with Crippen LogP contribution in [0.5, 0.6) is 11.6 Å². The van der Waals surface area contributed by atoms with E-state index < -0.39 is 0 Å². The summed E-state index contributed by atoms with van der Waals surface area (Å²) in [4.78, 5) is 4.31. The fourth-order valence-corrected chi connectivity index (χ4v) is 1.99. The number of hydrogen-bond acceptors (Lipinski definition) is 3. The highest BCUT2D eigenvalue weighted by Gasteiger charge is 2.13. The van der Waals surface area contributed by atoms with Gasteiger partial charge in [-0.1, -0.05) is 32.9 Å². The van der Waals surface area contributed by atoms with Crippen LogP contribution in [-0.4, -0.2) is 10.1 Å². The molecule has 0 atom stereocenters. The molecule has 0 aliphatic heterocycles. The lowest BCUT2D eigenvalue weighted by Gasteiger charge is -2.19. The SMILES string of the molecule is Cc1cc(CO)cc(Oc2ccc(C(C)(C)C)cc2)n1. The lowest BCUT2D eigenvalue weighted by Crippen LogP contribution is -2.10. The van der Waals surface area contributed by atoms with Gasteiger partial charge in [-0.15, -0.1) is 0 Å². The van der Waals surface area contributed by atoms with Crippen LogP contribution in [0.2, 0.25) is 0 Å². The number of nitrogens with zero attached hydrogens (tertiary/aromatic N) is 1. The Balaban J connectivity index is 2.20. The third-order valence-corrected chi connectivity index (χ3v) is 3.12. The molecular formula is C17H21NO2. The first-order valence-corrected chi connectivity index (χ1v) is 6.75. The van der Waals surface area contributed by atoms with Crippen molar-refractivity contribution < 1.29 is 9.84 Å². The van der Waals surface area contributed by atoms with E-state index in [1.54, 1.807) is 6.07 Å². The number of benzene rings is 1. The normalized spacial score (nSPS) is 11.4. The smallest absolute Gasteiger partial charge is 0.219 e. The van der Waals surface area contributed by atoms with Gasteiger partial charge in [0.25, 0.3) is 0 Å². The second kappa shape index (κ2) is 5.63. The Labute approximate surface area is 120 Å². The maximum atomic E-state index is 9.20. The predicted octanol–water partition coefficient (Wildman–Crippen LogP) is 3.97. The molecule has 1 heterocycles. The van der Waals surface area contributed by atoms with Crippen molar-refractivity contribution in [2.24, 2.45) is 0 Å². The average Bonchev–Trinajstić information content (AvgIpc) is 2.37. The maximum absolute atomic E-state index is 9.20. The summed E-state index contributed by atoms with van der Waals surface area (Å²) < 4.78 is 5.75. The molecule has 1 aromatic heterocycles.